The van der Waals surface area contributed by atoms with Gasteiger partial charge in [0, 0.05) is 32.6 Å². The molecule has 0 unspecified atom stereocenters. The van der Waals surface area contributed by atoms with Crippen LogP contribution in [0.4, 0.5) is 0 Å². The van der Waals surface area contributed by atoms with E-state index in [4.69, 9.17) is 6.42 Å². The summed E-state index contributed by atoms with van der Waals surface area (Å²) >= 11 is 0. The van der Waals surface area contributed by atoms with Crippen molar-refractivity contribution in [1.82, 2.24) is 9.21 Å². The first kappa shape index (κ1) is 16.0. The van der Waals surface area contributed by atoms with Gasteiger partial charge < -0.3 is 4.74 Å². The summed E-state index contributed by atoms with van der Waals surface area (Å²) in [5.74, 6) is 2.15. The first-order chi connectivity index (χ1) is 8.99. The van der Waals surface area contributed by atoms with Crippen LogP contribution in [0.25, 0.3) is 0 Å². The molecule has 0 aromatic carbocycles. The molecule has 6 nitrogen and oxygen atoms in total. The van der Waals surface area contributed by atoms with Gasteiger partial charge in [0.2, 0.25) is 10.0 Å². The molecular formula is C12H20N2O4S. The molecule has 0 radical (unpaired) electrons. The first-order valence-corrected chi connectivity index (χ1v) is 7.81. The summed E-state index contributed by atoms with van der Waals surface area (Å²) in [4.78, 5) is 13.0. The standard InChI is InChI=1S/C12H20N2O4S/c1-3-6-13-7-9-14(10-8-13)19(16,17)11-4-5-12(15)18-2/h1H,4-11H2,2H3. The summed E-state index contributed by atoms with van der Waals surface area (Å²) in [6.45, 7) is 2.78. The Bertz CT molecular complexity index is 433. The summed E-state index contributed by atoms with van der Waals surface area (Å²) in [5, 5.41) is 0. The van der Waals surface area contributed by atoms with E-state index in [0.717, 1.165) is 0 Å². The fourth-order valence-corrected chi connectivity index (χ4v) is 3.41. The van der Waals surface area contributed by atoms with E-state index in [0.29, 0.717) is 39.1 Å². The van der Waals surface area contributed by atoms with Crippen LogP contribution in [-0.4, -0.2) is 69.2 Å². The minimum absolute atomic E-state index is 0.0166. The van der Waals surface area contributed by atoms with Crippen molar-refractivity contribution in [3.8, 4) is 12.3 Å². The Morgan fingerprint density at radius 3 is 2.47 bits per heavy atom. The molecular weight excluding hydrogens is 268 g/mol. The number of methoxy groups -OCH3 is 1. The molecule has 1 fully saturated rings. The van der Waals surface area contributed by atoms with Crippen molar-refractivity contribution < 1.29 is 17.9 Å². The van der Waals surface area contributed by atoms with Gasteiger partial charge in [-0.05, 0) is 6.42 Å². The van der Waals surface area contributed by atoms with Crippen molar-refractivity contribution >= 4 is 16.0 Å². The third kappa shape index (κ3) is 5.19. The number of sulfonamides is 1. The lowest BCUT2D eigenvalue weighted by molar-refractivity contribution is -0.140. The Morgan fingerprint density at radius 1 is 1.32 bits per heavy atom. The van der Waals surface area contributed by atoms with Crippen LogP contribution in [0.5, 0.6) is 0 Å². The highest BCUT2D eigenvalue weighted by molar-refractivity contribution is 7.89. The lowest BCUT2D eigenvalue weighted by atomic mass is 10.3. The zero-order valence-electron chi connectivity index (χ0n) is 11.2. The number of esters is 1. The van der Waals surface area contributed by atoms with E-state index in [1.54, 1.807) is 0 Å². The zero-order chi connectivity index (χ0) is 14.3. The average Bonchev–Trinajstić information content (AvgIpc) is 2.39. The quantitative estimate of drug-likeness (QED) is 0.488. The molecule has 0 bridgehead atoms. The predicted molar refractivity (Wildman–Crippen MR) is 71.9 cm³/mol. The third-order valence-electron chi connectivity index (χ3n) is 3.05. The molecule has 0 amide bonds. The molecule has 0 atom stereocenters. The number of terminal acetylenes is 1. The molecule has 1 aliphatic rings. The van der Waals surface area contributed by atoms with Crippen LogP contribution < -0.4 is 0 Å². The van der Waals surface area contributed by atoms with Gasteiger partial charge in [-0.1, -0.05) is 5.92 Å². The van der Waals surface area contributed by atoms with E-state index in [9.17, 15) is 13.2 Å². The number of rotatable bonds is 6. The van der Waals surface area contributed by atoms with E-state index in [1.807, 2.05) is 4.90 Å². The van der Waals surface area contributed by atoms with Gasteiger partial charge in [-0.25, -0.2) is 8.42 Å². The molecule has 1 aliphatic heterocycles. The number of piperazine rings is 1. The number of ether oxygens (including phenoxy) is 1. The van der Waals surface area contributed by atoms with Crippen molar-refractivity contribution in [3.63, 3.8) is 0 Å². The van der Waals surface area contributed by atoms with Crippen molar-refractivity contribution in [3.05, 3.63) is 0 Å². The Morgan fingerprint density at radius 2 is 1.95 bits per heavy atom. The second-order valence-electron chi connectivity index (χ2n) is 4.38. The lowest BCUT2D eigenvalue weighted by Crippen LogP contribution is -2.49. The molecule has 1 saturated heterocycles. The Hall–Kier alpha value is -1.10. The average molecular weight is 288 g/mol. The van der Waals surface area contributed by atoms with Gasteiger partial charge in [0.15, 0.2) is 0 Å². The highest BCUT2D eigenvalue weighted by atomic mass is 32.2. The van der Waals surface area contributed by atoms with E-state index in [2.05, 4.69) is 10.7 Å². The van der Waals surface area contributed by atoms with Crippen LogP contribution in [0, 0.1) is 12.3 Å². The normalized spacial score (nSPS) is 17.9. The van der Waals surface area contributed by atoms with E-state index in [-0.39, 0.29) is 18.1 Å². The molecule has 19 heavy (non-hydrogen) atoms. The van der Waals surface area contributed by atoms with Gasteiger partial charge in [0.25, 0.3) is 0 Å². The molecule has 0 saturated carbocycles. The zero-order valence-corrected chi connectivity index (χ0v) is 12.0. The highest BCUT2D eigenvalue weighted by Gasteiger charge is 2.26. The maximum Gasteiger partial charge on any atom is 0.305 e. The molecule has 0 spiro atoms. The first-order valence-electron chi connectivity index (χ1n) is 6.20. The van der Waals surface area contributed by atoms with Gasteiger partial charge in [-0.2, -0.15) is 4.31 Å². The maximum atomic E-state index is 12.0. The van der Waals surface area contributed by atoms with Crippen LogP contribution in [0.1, 0.15) is 12.8 Å². The number of hydrogen-bond donors (Lipinski definition) is 0. The van der Waals surface area contributed by atoms with Crippen LogP contribution in [-0.2, 0) is 19.6 Å². The number of nitrogens with zero attached hydrogens (tertiary/aromatic N) is 2. The van der Waals surface area contributed by atoms with E-state index >= 15 is 0 Å². The minimum atomic E-state index is -3.28. The van der Waals surface area contributed by atoms with Crippen LogP contribution in [0.15, 0.2) is 0 Å². The summed E-state index contributed by atoms with van der Waals surface area (Å²) < 4.78 is 30.0. The highest BCUT2D eigenvalue weighted by Crippen LogP contribution is 2.09. The minimum Gasteiger partial charge on any atom is -0.469 e. The fraction of sp³-hybridized carbons (Fsp3) is 0.750. The summed E-state index contributed by atoms with van der Waals surface area (Å²) in [7, 11) is -1.99. The van der Waals surface area contributed by atoms with Crippen molar-refractivity contribution in [1.29, 1.82) is 0 Å². The summed E-state index contributed by atoms with van der Waals surface area (Å²) in [6.07, 6.45) is 5.64. The monoisotopic (exact) mass is 288 g/mol. The van der Waals surface area contributed by atoms with Gasteiger partial charge in [-0.3, -0.25) is 9.69 Å². The molecule has 0 aliphatic carbocycles. The van der Waals surface area contributed by atoms with Crippen molar-refractivity contribution in [2.24, 2.45) is 0 Å². The fourth-order valence-electron chi connectivity index (χ4n) is 1.92. The summed E-state index contributed by atoms with van der Waals surface area (Å²) in [6, 6.07) is 0. The van der Waals surface area contributed by atoms with Crippen molar-refractivity contribution in [2.45, 2.75) is 12.8 Å². The number of hydrogen-bond acceptors (Lipinski definition) is 5. The van der Waals surface area contributed by atoms with E-state index in [1.165, 1.54) is 11.4 Å². The molecule has 1 heterocycles. The maximum absolute atomic E-state index is 12.0. The topological polar surface area (TPSA) is 66.9 Å². The second kappa shape index (κ2) is 7.48. The Kier molecular flexibility index (Phi) is 6.28. The van der Waals surface area contributed by atoms with Crippen LogP contribution in [0.2, 0.25) is 0 Å². The van der Waals surface area contributed by atoms with Gasteiger partial charge in [-0.15, -0.1) is 6.42 Å². The van der Waals surface area contributed by atoms with Gasteiger partial charge >= 0.3 is 5.97 Å². The molecule has 7 heteroatoms. The molecule has 108 valence electrons. The molecule has 0 aromatic heterocycles. The van der Waals surface area contributed by atoms with Crippen molar-refractivity contribution in [2.75, 3.05) is 45.6 Å². The summed E-state index contributed by atoms with van der Waals surface area (Å²) in [5.41, 5.74) is 0. The van der Waals surface area contributed by atoms with E-state index < -0.39 is 10.0 Å². The largest absolute Gasteiger partial charge is 0.469 e. The van der Waals surface area contributed by atoms with Crippen LogP contribution >= 0.6 is 0 Å². The molecule has 1 rings (SSSR count). The SMILES string of the molecule is C#CCN1CCN(S(=O)(=O)CCCC(=O)OC)CC1. The van der Waals surface area contributed by atoms with Gasteiger partial charge in [0.05, 0.1) is 19.4 Å². The molecule has 0 aromatic rings. The lowest BCUT2D eigenvalue weighted by Gasteiger charge is -2.32. The smallest absolute Gasteiger partial charge is 0.305 e. The van der Waals surface area contributed by atoms with Gasteiger partial charge in [0.1, 0.15) is 0 Å². The number of carbonyl (C=O) groups excluding carboxylic acids is 1. The predicted octanol–water partition coefficient (Wildman–Crippen LogP) is -0.480. The number of carbonyl (C=O) groups is 1. The second-order valence-corrected chi connectivity index (χ2v) is 6.46. The Balaban J connectivity index is 2.38. The molecule has 0 N–H and O–H groups in total. The Labute approximate surface area is 114 Å². The van der Waals surface area contributed by atoms with Crippen LogP contribution in [0.3, 0.4) is 0 Å². The third-order valence-corrected chi connectivity index (χ3v) is 5.01.